The third kappa shape index (κ3) is 9.51. The minimum absolute atomic E-state index is 0.176. The lowest BCUT2D eigenvalue weighted by Crippen LogP contribution is -2.08. The molecular formula is C13H24O2. The molecule has 0 aliphatic heterocycles. The highest BCUT2D eigenvalue weighted by molar-refractivity contribution is 5.69. The molecule has 1 N–H and O–H groups in total. The standard InChI is InChI=1S/C13H24O2/c1-3-4-5-6-7-8-9-10-11-12(2)13(14)15/h4-5,12H,3,6-11H2,1-2H3,(H,14,15)/b5-4+. The van der Waals surface area contributed by atoms with Crippen LogP contribution in [-0.2, 0) is 4.79 Å². The van der Waals surface area contributed by atoms with Gasteiger partial charge in [-0.25, -0.2) is 0 Å². The highest BCUT2D eigenvalue weighted by atomic mass is 16.4. The highest BCUT2D eigenvalue weighted by Gasteiger charge is 2.08. The molecule has 0 aliphatic carbocycles. The van der Waals surface area contributed by atoms with Gasteiger partial charge >= 0.3 is 5.97 Å². The number of carboxylic acid groups (broad SMARTS) is 1. The Labute approximate surface area is 93.4 Å². The van der Waals surface area contributed by atoms with Gasteiger partial charge in [0, 0.05) is 0 Å². The maximum atomic E-state index is 10.5. The third-order valence-electron chi connectivity index (χ3n) is 2.58. The summed E-state index contributed by atoms with van der Waals surface area (Å²) in [6.45, 7) is 3.93. The van der Waals surface area contributed by atoms with Crippen LogP contribution < -0.4 is 0 Å². The van der Waals surface area contributed by atoms with Crippen LogP contribution in [0.3, 0.4) is 0 Å². The summed E-state index contributed by atoms with van der Waals surface area (Å²) < 4.78 is 0. The number of aliphatic carboxylic acids is 1. The number of carbonyl (C=O) groups is 1. The highest BCUT2D eigenvalue weighted by Crippen LogP contribution is 2.11. The number of hydrogen-bond donors (Lipinski definition) is 1. The molecule has 2 nitrogen and oxygen atoms in total. The second-order valence-corrected chi connectivity index (χ2v) is 4.11. The lowest BCUT2D eigenvalue weighted by atomic mass is 10.0. The summed E-state index contributed by atoms with van der Waals surface area (Å²) in [5.74, 6) is -0.842. The van der Waals surface area contributed by atoms with Crippen molar-refractivity contribution < 1.29 is 9.90 Å². The van der Waals surface area contributed by atoms with Crippen molar-refractivity contribution in [2.75, 3.05) is 0 Å². The molecule has 0 saturated heterocycles. The maximum absolute atomic E-state index is 10.5. The molecule has 1 unspecified atom stereocenters. The van der Waals surface area contributed by atoms with Crippen molar-refractivity contribution in [2.45, 2.75) is 58.8 Å². The van der Waals surface area contributed by atoms with Crippen LogP contribution in [0.1, 0.15) is 58.8 Å². The SMILES string of the molecule is CC/C=C/CCCCCCC(C)C(=O)O. The fourth-order valence-electron chi connectivity index (χ4n) is 1.47. The summed E-state index contributed by atoms with van der Waals surface area (Å²) in [7, 11) is 0. The zero-order chi connectivity index (χ0) is 11.5. The smallest absolute Gasteiger partial charge is 0.306 e. The number of carboxylic acids is 1. The van der Waals surface area contributed by atoms with Gasteiger partial charge in [0.25, 0.3) is 0 Å². The van der Waals surface area contributed by atoms with Crippen molar-refractivity contribution in [3.63, 3.8) is 0 Å². The molecule has 88 valence electrons. The minimum atomic E-state index is -0.666. The normalized spacial score (nSPS) is 13.2. The number of unbranched alkanes of at least 4 members (excludes halogenated alkanes) is 4. The first-order valence-electron chi connectivity index (χ1n) is 6.06. The Morgan fingerprint density at radius 3 is 2.47 bits per heavy atom. The van der Waals surface area contributed by atoms with E-state index in [-0.39, 0.29) is 5.92 Å². The van der Waals surface area contributed by atoms with Crippen molar-refractivity contribution in [3.05, 3.63) is 12.2 Å². The second kappa shape index (κ2) is 9.75. The van der Waals surface area contributed by atoms with Gasteiger partial charge < -0.3 is 5.11 Å². The fraction of sp³-hybridized carbons (Fsp3) is 0.769. The Hall–Kier alpha value is -0.790. The first kappa shape index (κ1) is 14.2. The van der Waals surface area contributed by atoms with Crippen LogP contribution in [0.25, 0.3) is 0 Å². The van der Waals surface area contributed by atoms with Crippen molar-refractivity contribution in [1.82, 2.24) is 0 Å². The largest absolute Gasteiger partial charge is 0.481 e. The molecule has 0 bridgehead atoms. The summed E-state index contributed by atoms with van der Waals surface area (Å²) in [4.78, 5) is 10.5. The van der Waals surface area contributed by atoms with Gasteiger partial charge in [0.05, 0.1) is 5.92 Å². The minimum Gasteiger partial charge on any atom is -0.481 e. The molecule has 0 heterocycles. The summed E-state index contributed by atoms with van der Waals surface area (Å²) in [5.41, 5.74) is 0. The number of hydrogen-bond acceptors (Lipinski definition) is 1. The first-order chi connectivity index (χ1) is 7.18. The summed E-state index contributed by atoms with van der Waals surface area (Å²) in [6.07, 6.45) is 12.2. The molecule has 0 aromatic rings. The topological polar surface area (TPSA) is 37.3 Å². The molecular weight excluding hydrogens is 188 g/mol. The van der Waals surface area contributed by atoms with E-state index in [0.717, 1.165) is 25.7 Å². The van der Waals surface area contributed by atoms with Gasteiger partial charge in [-0.2, -0.15) is 0 Å². The van der Waals surface area contributed by atoms with Crippen LogP contribution in [0.4, 0.5) is 0 Å². The van der Waals surface area contributed by atoms with Crippen LogP contribution in [0.5, 0.6) is 0 Å². The van der Waals surface area contributed by atoms with Crippen LogP contribution in [-0.4, -0.2) is 11.1 Å². The Kier molecular flexibility index (Phi) is 9.24. The Morgan fingerprint density at radius 1 is 1.20 bits per heavy atom. The average Bonchev–Trinajstić information content (AvgIpc) is 2.21. The summed E-state index contributed by atoms with van der Waals surface area (Å²) >= 11 is 0. The molecule has 0 aromatic carbocycles. The zero-order valence-electron chi connectivity index (χ0n) is 10.0. The van der Waals surface area contributed by atoms with Gasteiger partial charge in [0.2, 0.25) is 0 Å². The molecule has 0 radical (unpaired) electrons. The van der Waals surface area contributed by atoms with Crippen molar-refractivity contribution in [1.29, 1.82) is 0 Å². The van der Waals surface area contributed by atoms with E-state index < -0.39 is 5.97 Å². The van der Waals surface area contributed by atoms with Gasteiger partial charge in [0.15, 0.2) is 0 Å². The van der Waals surface area contributed by atoms with E-state index in [1.54, 1.807) is 6.92 Å². The molecule has 0 amide bonds. The number of rotatable bonds is 9. The average molecular weight is 212 g/mol. The molecule has 0 aliphatic rings. The van der Waals surface area contributed by atoms with E-state index in [4.69, 9.17) is 5.11 Å². The maximum Gasteiger partial charge on any atom is 0.306 e. The van der Waals surface area contributed by atoms with Crippen LogP contribution in [0.15, 0.2) is 12.2 Å². The Balaban J connectivity index is 3.18. The molecule has 0 saturated carbocycles. The van der Waals surface area contributed by atoms with Crippen LogP contribution in [0, 0.1) is 5.92 Å². The molecule has 2 heteroatoms. The lowest BCUT2D eigenvalue weighted by molar-refractivity contribution is -0.141. The molecule has 0 rings (SSSR count). The quantitative estimate of drug-likeness (QED) is 0.463. The van der Waals surface area contributed by atoms with Gasteiger partial charge in [-0.05, 0) is 25.7 Å². The molecule has 0 spiro atoms. The van der Waals surface area contributed by atoms with Crippen molar-refractivity contribution >= 4 is 5.97 Å². The van der Waals surface area contributed by atoms with E-state index in [0.29, 0.717) is 0 Å². The van der Waals surface area contributed by atoms with Crippen LogP contribution in [0.2, 0.25) is 0 Å². The van der Waals surface area contributed by atoms with E-state index in [2.05, 4.69) is 19.1 Å². The van der Waals surface area contributed by atoms with E-state index in [1.165, 1.54) is 19.3 Å². The second-order valence-electron chi connectivity index (χ2n) is 4.11. The van der Waals surface area contributed by atoms with Crippen molar-refractivity contribution in [3.8, 4) is 0 Å². The van der Waals surface area contributed by atoms with Crippen LogP contribution >= 0.6 is 0 Å². The predicted octanol–water partition coefficient (Wildman–Crippen LogP) is 4.01. The van der Waals surface area contributed by atoms with Gasteiger partial charge in [-0.1, -0.05) is 45.3 Å². The zero-order valence-corrected chi connectivity index (χ0v) is 10.0. The van der Waals surface area contributed by atoms with E-state index in [1.807, 2.05) is 0 Å². The number of allylic oxidation sites excluding steroid dienone is 2. The fourth-order valence-corrected chi connectivity index (χ4v) is 1.47. The van der Waals surface area contributed by atoms with E-state index >= 15 is 0 Å². The van der Waals surface area contributed by atoms with E-state index in [9.17, 15) is 4.79 Å². The first-order valence-corrected chi connectivity index (χ1v) is 6.06. The summed E-state index contributed by atoms with van der Waals surface area (Å²) in [6, 6.07) is 0. The summed E-state index contributed by atoms with van der Waals surface area (Å²) in [5, 5.41) is 8.67. The predicted molar refractivity (Wildman–Crippen MR) is 63.9 cm³/mol. The Bertz CT molecular complexity index is 185. The van der Waals surface area contributed by atoms with Gasteiger partial charge in [0.1, 0.15) is 0 Å². The molecule has 15 heavy (non-hydrogen) atoms. The van der Waals surface area contributed by atoms with Gasteiger partial charge in [-0.15, -0.1) is 0 Å². The third-order valence-corrected chi connectivity index (χ3v) is 2.58. The Morgan fingerprint density at radius 2 is 1.87 bits per heavy atom. The van der Waals surface area contributed by atoms with Crippen molar-refractivity contribution in [2.24, 2.45) is 5.92 Å². The monoisotopic (exact) mass is 212 g/mol. The lowest BCUT2D eigenvalue weighted by Gasteiger charge is -2.04. The molecule has 0 fully saturated rings. The molecule has 1 atom stereocenters. The molecule has 0 aromatic heterocycles. The van der Waals surface area contributed by atoms with Gasteiger partial charge in [-0.3, -0.25) is 4.79 Å².